The number of hydrogen-bond acceptors (Lipinski definition) is 14. The molecular weight excluding hydrogens is 1140 g/mol. The van der Waals surface area contributed by atoms with Crippen LogP contribution in [0, 0.1) is 52.8 Å². The number of aliphatic hydroxyl groups is 2. The summed E-state index contributed by atoms with van der Waals surface area (Å²) in [5.74, 6) is -1.64. The smallest absolute Gasteiger partial charge is 0.239 e. The number of hydrogen-bond donors (Lipinski definition) is 5. The third kappa shape index (κ3) is 22.9. The van der Waals surface area contributed by atoms with Gasteiger partial charge in [0.1, 0.15) is 0 Å². The summed E-state index contributed by atoms with van der Waals surface area (Å²) >= 11 is 0. The maximum absolute atomic E-state index is 13.9. The molecule has 0 saturated carbocycles. The van der Waals surface area contributed by atoms with Gasteiger partial charge >= 0.3 is 0 Å². The number of carbonyl (C=O) groups excluding carboxylic acids is 6. The van der Waals surface area contributed by atoms with E-state index in [1.165, 1.54) is 6.92 Å². The Balaban J connectivity index is 0.000000853. The van der Waals surface area contributed by atoms with E-state index in [4.69, 9.17) is 29.9 Å². The van der Waals surface area contributed by atoms with Crippen molar-refractivity contribution >= 4 is 35.4 Å². The second-order valence-corrected chi connectivity index (χ2v) is 25.5. The van der Waals surface area contributed by atoms with E-state index in [0.29, 0.717) is 19.5 Å². The maximum atomic E-state index is 13.9. The number of likely N-dealkylation sites (N-methyl/N-ethyl adjacent to an activating group) is 2. The number of nitrogens with zero attached hydrogens (tertiary/aromatic N) is 5. The Labute approximate surface area is 542 Å². The van der Waals surface area contributed by atoms with Gasteiger partial charge in [-0.15, -0.1) is 0 Å². The molecule has 2 heterocycles. The third-order valence-electron chi connectivity index (χ3n) is 18.9. The maximum Gasteiger partial charge on any atom is 0.239 e. The molecule has 2 fully saturated rings. The number of ether oxygens (including phenoxy) is 4. The molecule has 512 valence electrons. The van der Waals surface area contributed by atoms with Crippen LogP contribution in [0.5, 0.6) is 0 Å². The Morgan fingerprint density at radius 2 is 0.922 bits per heavy atom. The molecule has 4 rings (SSSR count). The zero-order chi connectivity index (χ0) is 67.6. The molecule has 2 aromatic rings. The highest BCUT2D eigenvalue weighted by Gasteiger charge is 2.45. The van der Waals surface area contributed by atoms with Crippen LogP contribution in [0.4, 0.5) is 0 Å². The van der Waals surface area contributed by atoms with E-state index in [0.717, 1.165) is 43.2 Å². The van der Waals surface area contributed by atoms with Crippen molar-refractivity contribution < 1.29 is 57.9 Å². The van der Waals surface area contributed by atoms with E-state index < -0.39 is 66.6 Å². The van der Waals surface area contributed by atoms with E-state index in [9.17, 15) is 39.0 Å². The van der Waals surface area contributed by atoms with Gasteiger partial charge in [-0.2, -0.15) is 5.26 Å². The highest BCUT2D eigenvalue weighted by molar-refractivity contribution is 5.83. The number of nitrogens with two attached hydrogens (primary N) is 1. The summed E-state index contributed by atoms with van der Waals surface area (Å²) in [5.41, 5.74) is 7.66. The molecule has 0 bridgehead atoms. The Morgan fingerprint density at radius 1 is 0.589 bits per heavy atom. The average molecular weight is 1270 g/mol. The van der Waals surface area contributed by atoms with Crippen molar-refractivity contribution in [3.05, 3.63) is 71.8 Å². The number of methoxy groups -OCH3 is 4. The van der Waals surface area contributed by atoms with E-state index in [1.807, 2.05) is 112 Å². The molecule has 0 unspecified atom stereocenters. The molecule has 2 aliphatic heterocycles. The van der Waals surface area contributed by atoms with Crippen molar-refractivity contribution in [2.45, 2.75) is 235 Å². The number of carbonyl (C=O) groups is 6. The lowest BCUT2D eigenvalue weighted by molar-refractivity contribution is -0.148. The Bertz CT molecular complexity index is 2310. The summed E-state index contributed by atoms with van der Waals surface area (Å²) in [6.07, 6.45) is 1.14. The predicted molar refractivity (Wildman–Crippen MR) is 355 cm³/mol. The van der Waals surface area contributed by atoms with Crippen LogP contribution >= 0.6 is 0 Å². The molecule has 2 aliphatic rings. The molecule has 20 nitrogen and oxygen atoms in total. The number of likely N-dealkylation sites (tertiary alicyclic amines) is 2. The first-order chi connectivity index (χ1) is 42.0. The molecule has 2 aromatic carbocycles. The summed E-state index contributed by atoms with van der Waals surface area (Å²) in [6, 6.07) is 17.4. The summed E-state index contributed by atoms with van der Waals surface area (Å²) in [6.45, 7) is 27.9. The molecule has 2 saturated heterocycles. The quantitative estimate of drug-likeness (QED) is 0.0459. The molecule has 6 N–H and O–H groups in total. The molecule has 0 aliphatic carbocycles. The largest absolute Gasteiger partial charge is 0.386 e. The van der Waals surface area contributed by atoms with Crippen molar-refractivity contribution in [2.24, 2.45) is 47.2 Å². The minimum Gasteiger partial charge on any atom is -0.386 e. The highest BCUT2D eigenvalue weighted by atomic mass is 16.5. The van der Waals surface area contributed by atoms with Crippen LogP contribution in [-0.4, -0.2) is 188 Å². The topological polar surface area (TPSA) is 267 Å². The van der Waals surface area contributed by atoms with Crippen molar-refractivity contribution in [3.63, 3.8) is 0 Å². The fourth-order valence-electron chi connectivity index (χ4n) is 12.5. The van der Waals surface area contributed by atoms with Crippen molar-refractivity contribution in [1.29, 1.82) is 5.26 Å². The molecule has 0 spiro atoms. The molecule has 0 radical (unpaired) electrons. The normalized spacial score (nSPS) is 20.1. The van der Waals surface area contributed by atoms with Gasteiger partial charge in [-0.1, -0.05) is 157 Å². The summed E-state index contributed by atoms with van der Waals surface area (Å²) in [7, 11) is 9.88. The van der Waals surface area contributed by atoms with Gasteiger partial charge in [-0.05, 0) is 74.3 Å². The van der Waals surface area contributed by atoms with Gasteiger partial charge in [0.25, 0.3) is 0 Å². The lowest BCUT2D eigenvalue weighted by atomic mass is 9.88. The zero-order valence-corrected chi connectivity index (χ0v) is 57.7. The SMILES string of the molecule is C.CC#N.CC[C@H](C)[C@@H]([C@@H](CC(=O)N1CCC[C@H]1[C@H](OC)[C@@H](C)C(=O)N[C@H](C)[C@@H](O)c1ccccc1)OC)N(C)C(=O)[C@@H](C)C(C)C.CC[C@H](C)[C@@H]([C@@H](CC(=O)N1CCC[C@H]1[C@H](OC)[C@@H](C)C(=O)N[C@H](C)[C@@H](O)c1ccccc1)OC)N(C)C(=O)[C@@H](N)C(C)C. The summed E-state index contributed by atoms with van der Waals surface area (Å²) in [5, 5.41) is 34.7. The first-order valence-electron chi connectivity index (χ1n) is 32.4. The van der Waals surface area contributed by atoms with E-state index in [-0.39, 0.29) is 109 Å². The van der Waals surface area contributed by atoms with Crippen LogP contribution in [0.25, 0.3) is 0 Å². The fourth-order valence-corrected chi connectivity index (χ4v) is 12.5. The van der Waals surface area contributed by atoms with Gasteiger partial charge in [-0.3, -0.25) is 28.8 Å². The lowest BCUT2D eigenvalue weighted by Crippen LogP contribution is -2.56. The standard InChI is InChI=1S/C34H57N3O6.C33H56N4O6.C2H3N.CH4/c1-11-22(4)30(36(8)34(41)23(5)21(2)3)28(42-9)20-29(38)37-19-15-18-27(37)32(43-10)24(6)33(40)35-25(7)31(39)26-16-13-12-14-17-26;1-10-21(4)29(36(7)33(41)28(34)20(2)3)26(42-8)19-27(38)37-18-14-17-25(37)31(43-9)22(5)32(40)35-23(6)30(39)24-15-12-11-13-16-24;1-2-3;/h12-14,16-17,21-25,27-28,30-32,39H,11,15,18-20H2,1-10H3,(H,35,40);11-13,15-16,20-23,25-26,28-31,39H,10,14,17-19,34H2,1-9H3,(H,35,40);1H3;1H4/t22-,23-,24+,25+,27-,28+,30-,31+,32+;21-,22+,23+,25-,26+,28-,29-,30+,31+;;/m00../s1. The van der Waals surface area contributed by atoms with Gasteiger partial charge in [0.05, 0.1) is 110 Å². The fraction of sp³-hybridized carbons (Fsp3) is 0.729. The molecule has 6 amide bonds. The van der Waals surface area contributed by atoms with Gasteiger partial charge in [0, 0.05) is 68.5 Å². The van der Waals surface area contributed by atoms with Crippen LogP contribution < -0.4 is 16.4 Å². The number of rotatable bonds is 32. The number of aliphatic hydroxyl groups excluding tert-OH is 2. The third-order valence-corrected chi connectivity index (χ3v) is 18.9. The van der Waals surface area contributed by atoms with E-state index in [2.05, 4.69) is 38.3 Å². The Hall–Kier alpha value is -5.53. The van der Waals surface area contributed by atoms with E-state index >= 15 is 0 Å². The summed E-state index contributed by atoms with van der Waals surface area (Å²) in [4.78, 5) is 88.0. The van der Waals surface area contributed by atoms with Crippen molar-refractivity contribution in [2.75, 3.05) is 55.6 Å². The summed E-state index contributed by atoms with van der Waals surface area (Å²) < 4.78 is 23.6. The Morgan fingerprint density at radius 3 is 1.21 bits per heavy atom. The molecule has 20 heteroatoms. The minimum absolute atomic E-state index is 0. The van der Waals surface area contributed by atoms with Crippen molar-refractivity contribution in [1.82, 2.24) is 30.2 Å². The van der Waals surface area contributed by atoms with Crippen LogP contribution in [0.2, 0.25) is 0 Å². The van der Waals surface area contributed by atoms with Gasteiger partial charge in [0.15, 0.2) is 0 Å². The van der Waals surface area contributed by atoms with Crippen LogP contribution in [0.3, 0.4) is 0 Å². The lowest BCUT2D eigenvalue weighted by Gasteiger charge is -2.40. The van der Waals surface area contributed by atoms with Crippen LogP contribution in [-0.2, 0) is 47.7 Å². The molecular formula is C70H120N8O12. The molecule has 18 atom stereocenters. The minimum atomic E-state index is -0.854. The number of benzene rings is 2. The van der Waals surface area contributed by atoms with Crippen LogP contribution in [0.15, 0.2) is 60.7 Å². The van der Waals surface area contributed by atoms with E-state index in [1.54, 1.807) is 79.1 Å². The predicted octanol–water partition coefficient (Wildman–Crippen LogP) is 8.73. The highest BCUT2D eigenvalue weighted by Crippen LogP contribution is 2.33. The second-order valence-electron chi connectivity index (χ2n) is 25.5. The van der Waals surface area contributed by atoms with Gasteiger partial charge < -0.3 is 65.1 Å². The first kappa shape index (κ1) is 82.5. The number of nitriles is 1. The average Bonchev–Trinajstić information content (AvgIpc) is 1.66. The van der Waals surface area contributed by atoms with Crippen molar-refractivity contribution in [3.8, 4) is 6.07 Å². The molecule has 90 heavy (non-hydrogen) atoms. The number of amides is 6. The molecule has 0 aromatic heterocycles. The van der Waals surface area contributed by atoms with Gasteiger partial charge in [0.2, 0.25) is 35.4 Å². The first-order valence-corrected chi connectivity index (χ1v) is 32.4. The van der Waals surface area contributed by atoms with Crippen LogP contribution in [0.1, 0.15) is 179 Å². The zero-order valence-electron chi connectivity index (χ0n) is 57.7. The van der Waals surface area contributed by atoms with Gasteiger partial charge in [-0.25, -0.2) is 0 Å². The Kier molecular flexibility index (Phi) is 37.7. The second kappa shape index (κ2) is 41.1. The monoisotopic (exact) mass is 1260 g/mol. The number of nitrogens with one attached hydrogen (secondary N) is 2.